The van der Waals surface area contributed by atoms with Crippen LogP contribution in [-0.2, 0) is 5.41 Å². The molecule has 0 radical (unpaired) electrons. The maximum absolute atomic E-state index is 2.43. The van der Waals surface area contributed by atoms with Gasteiger partial charge < -0.3 is 0 Å². The predicted octanol–water partition coefficient (Wildman–Crippen LogP) is 4.12. The Kier molecular flexibility index (Phi) is 3.79. The van der Waals surface area contributed by atoms with Crippen molar-refractivity contribution in [3.63, 3.8) is 0 Å². The number of hydrogen-bond donors (Lipinski definition) is 0. The molecule has 1 aromatic carbocycles. The number of rotatable bonds is 2. The van der Waals surface area contributed by atoms with Gasteiger partial charge in [0.15, 0.2) is 0 Å². The zero-order valence-electron chi connectivity index (χ0n) is 10.8. The van der Waals surface area contributed by atoms with Gasteiger partial charge in [0.25, 0.3) is 0 Å². The molecule has 15 heavy (non-hydrogen) atoms. The molecule has 1 aromatic rings. The predicted molar refractivity (Wildman–Crippen MR) is 76.4 cm³/mol. The lowest BCUT2D eigenvalue weighted by Crippen LogP contribution is -2.17. The van der Waals surface area contributed by atoms with Gasteiger partial charge in [-0.05, 0) is 16.3 Å². The van der Waals surface area contributed by atoms with E-state index in [9.17, 15) is 0 Å². The van der Waals surface area contributed by atoms with E-state index >= 15 is 0 Å². The average molecular weight is 238 g/mol. The third-order valence-corrected chi connectivity index (χ3v) is 6.76. The quantitative estimate of drug-likeness (QED) is 0.537. The second-order valence-corrected chi connectivity index (χ2v) is 16.8. The highest BCUT2D eigenvalue weighted by atomic mass is 31.3. The fraction of sp³-hybridized carbons (Fsp3) is 0.538. The summed E-state index contributed by atoms with van der Waals surface area (Å²) in [6.07, 6.45) is 0. The molecule has 0 spiro atoms. The van der Waals surface area contributed by atoms with Crippen molar-refractivity contribution in [2.45, 2.75) is 45.8 Å². The Morgan fingerprint density at radius 2 is 1.40 bits per heavy atom. The van der Waals surface area contributed by atoms with Crippen molar-refractivity contribution in [3.8, 4) is 0 Å². The highest BCUT2D eigenvalue weighted by molar-refractivity contribution is 7.86. The van der Waals surface area contributed by atoms with Crippen LogP contribution in [0.4, 0.5) is 0 Å². The molecule has 1 unspecified atom stereocenters. The van der Waals surface area contributed by atoms with E-state index in [-0.39, 0.29) is 5.41 Å². The standard InChI is InChI=1S/C13H23PSi/c1-13(2,3)11-7-9-12(10-8-11)14-15(4,5)6/h7-10,14H,1-6H3. The van der Waals surface area contributed by atoms with E-state index in [4.69, 9.17) is 0 Å². The minimum atomic E-state index is -0.934. The molecule has 0 saturated heterocycles. The van der Waals surface area contributed by atoms with Crippen LogP contribution in [0.25, 0.3) is 0 Å². The second kappa shape index (κ2) is 4.39. The van der Waals surface area contributed by atoms with E-state index in [2.05, 4.69) is 64.7 Å². The van der Waals surface area contributed by atoms with Crippen molar-refractivity contribution >= 4 is 21.2 Å². The van der Waals surface area contributed by atoms with E-state index in [0.29, 0.717) is 0 Å². The van der Waals surface area contributed by atoms with Crippen molar-refractivity contribution in [1.82, 2.24) is 0 Å². The van der Waals surface area contributed by atoms with Crippen LogP contribution in [0, 0.1) is 0 Å². The van der Waals surface area contributed by atoms with Crippen molar-refractivity contribution in [3.05, 3.63) is 29.8 Å². The molecule has 0 nitrogen and oxygen atoms in total. The minimum absolute atomic E-state index is 0.279. The summed E-state index contributed by atoms with van der Waals surface area (Å²) >= 11 is 0. The van der Waals surface area contributed by atoms with Crippen molar-refractivity contribution in [1.29, 1.82) is 0 Å². The molecule has 84 valence electrons. The zero-order chi connectivity index (χ0) is 11.7. The molecule has 0 saturated carbocycles. The molecule has 0 fully saturated rings. The second-order valence-electron chi connectivity index (χ2n) is 6.20. The van der Waals surface area contributed by atoms with Crippen LogP contribution >= 0.6 is 8.13 Å². The first-order valence-electron chi connectivity index (χ1n) is 5.57. The minimum Gasteiger partial charge on any atom is -0.103 e. The Hall–Kier alpha value is -0.133. The van der Waals surface area contributed by atoms with Gasteiger partial charge in [-0.25, -0.2) is 0 Å². The molecule has 0 heterocycles. The van der Waals surface area contributed by atoms with E-state index in [1.165, 1.54) is 10.9 Å². The number of hydrogen-bond acceptors (Lipinski definition) is 0. The Bertz CT molecular complexity index is 314. The highest BCUT2D eigenvalue weighted by Gasteiger charge is 2.16. The van der Waals surface area contributed by atoms with Gasteiger partial charge in [-0.1, -0.05) is 64.7 Å². The molecule has 0 aromatic heterocycles. The number of benzene rings is 1. The van der Waals surface area contributed by atoms with Crippen LogP contribution in [0.2, 0.25) is 19.6 Å². The molecular weight excluding hydrogens is 215 g/mol. The maximum atomic E-state index is 2.43. The van der Waals surface area contributed by atoms with E-state index < -0.39 is 7.74 Å². The molecule has 1 rings (SSSR count). The van der Waals surface area contributed by atoms with Crippen LogP contribution in [0.15, 0.2) is 24.3 Å². The van der Waals surface area contributed by atoms with Gasteiger partial charge in [0, 0.05) is 0 Å². The topological polar surface area (TPSA) is 0 Å². The first-order valence-corrected chi connectivity index (χ1v) is 11.1. The Labute approximate surface area is 97.1 Å². The van der Waals surface area contributed by atoms with Crippen molar-refractivity contribution in [2.75, 3.05) is 0 Å². The first kappa shape index (κ1) is 12.9. The molecule has 2 heteroatoms. The van der Waals surface area contributed by atoms with Gasteiger partial charge >= 0.3 is 0 Å². The normalized spacial score (nSPS) is 13.7. The molecular formula is C13H23PSi. The Morgan fingerprint density at radius 1 is 0.933 bits per heavy atom. The van der Waals surface area contributed by atoms with E-state index in [1.807, 2.05) is 0 Å². The summed E-state index contributed by atoms with van der Waals surface area (Å²) in [5.41, 5.74) is 1.72. The van der Waals surface area contributed by atoms with Gasteiger partial charge in [0.2, 0.25) is 0 Å². The summed E-state index contributed by atoms with van der Waals surface area (Å²) < 4.78 is 0. The molecule has 0 bridgehead atoms. The summed E-state index contributed by atoms with van der Waals surface area (Å²) in [4.78, 5) is 0. The van der Waals surface area contributed by atoms with Gasteiger partial charge in [0.05, 0.1) is 7.74 Å². The maximum Gasteiger partial charge on any atom is 0.0736 e. The smallest absolute Gasteiger partial charge is 0.0736 e. The Balaban J connectivity index is 2.82. The Morgan fingerprint density at radius 3 is 1.73 bits per heavy atom. The highest BCUT2D eigenvalue weighted by Crippen LogP contribution is 2.27. The van der Waals surface area contributed by atoms with Gasteiger partial charge in [0.1, 0.15) is 0 Å². The zero-order valence-corrected chi connectivity index (χ0v) is 12.8. The lowest BCUT2D eigenvalue weighted by atomic mass is 9.87. The van der Waals surface area contributed by atoms with E-state index in [1.54, 1.807) is 0 Å². The fourth-order valence-corrected chi connectivity index (χ4v) is 5.78. The summed E-state index contributed by atoms with van der Waals surface area (Å²) in [6.45, 7) is 14.1. The van der Waals surface area contributed by atoms with Gasteiger partial charge in [-0.15, -0.1) is 8.13 Å². The van der Waals surface area contributed by atoms with Crippen LogP contribution in [-0.4, -0.2) is 7.74 Å². The van der Waals surface area contributed by atoms with Crippen molar-refractivity contribution in [2.24, 2.45) is 0 Å². The van der Waals surface area contributed by atoms with Gasteiger partial charge in [-0.3, -0.25) is 0 Å². The van der Waals surface area contributed by atoms with Crippen LogP contribution in [0.3, 0.4) is 0 Å². The summed E-state index contributed by atoms with van der Waals surface area (Å²) in [6, 6.07) is 9.22. The summed E-state index contributed by atoms with van der Waals surface area (Å²) in [7, 11) is 0.0990. The monoisotopic (exact) mass is 238 g/mol. The van der Waals surface area contributed by atoms with Crippen LogP contribution in [0.1, 0.15) is 26.3 Å². The summed E-state index contributed by atoms with van der Waals surface area (Å²) in [5, 5.41) is 1.53. The lowest BCUT2D eigenvalue weighted by Gasteiger charge is -2.20. The molecule has 0 N–H and O–H groups in total. The largest absolute Gasteiger partial charge is 0.103 e. The molecule has 0 aliphatic rings. The SMILES string of the molecule is CC(C)(C)c1ccc(P[Si](C)(C)C)cc1. The molecule has 0 aliphatic heterocycles. The lowest BCUT2D eigenvalue weighted by molar-refractivity contribution is 0.590. The van der Waals surface area contributed by atoms with Crippen molar-refractivity contribution < 1.29 is 0 Å². The van der Waals surface area contributed by atoms with Gasteiger partial charge in [-0.2, -0.15) is 0 Å². The van der Waals surface area contributed by atoms with E-state index in [0.717, 1.165) is 8.13 Å². The third-order valence-electron chi connectivity index (χ3n) is 2.27. The molecule has 1 atom stereocenters. The van der Waals surface area contributed by atoms with Crippen LogP contribution < -0.4 is 5.30 Å². The molecule has 0 aliphatic carbocycles. The average Bonchev–Trinajstić information content (AvgIpc) is 2.00. The fourth-order valence-electron chi connectivity index (χ4n) is 1.49. The molecule has 0 amide bonds. The van der Waals surface area contributed by atoms with Crippen LogP contribution in [0.5, 0.6) is 0 Å². The third kappa shape index (κ3) is 4.48. The summed E-state index contributed by atoms with van der Waals surface area (Å²) in [5.74, 6) is 0. The first-order chi connectivity index (χ1) is 6.68.